The van der Waals surface area contributed by atoms with Crippen LogP contribution in [0.1, 0.15) is 12.0 Å². The fraction of sp³-hybridized carbons (Fsp3) is 0.182. The fourth-order valence-electron chi connectivity index (χ4n) is 1.09. The van der Waals surface area contributed by atoms with Crippen molar-refractivity contribution in [3.63, 3.8) is 0 Å². The number of amides is 1. The van der Waals surface area contributed by atoms with Crippen LogP contribution in [0.5, 0.6) is 0 Å². The van der Waals surface area contributed by atoms with E-state index in [0.29, 0.717) is 0 Å². The highest BCUT2D eigenvalue weighted by Gasteiger charge is 1.88. The largest absolute Gasteiger partial charge is 0.268 e. The van der Waals surface area contributed by atoms with Crippen molar-refractivity contribution in [2.45, 2.75) is 12.8 Å². The van der Waals surface area contributed by atoms with E-state index in [9.17, 15) is 4.79 Å². The third kappa shape index (κ3) is 4.11. The molecule has 1 aromatic rings. The second kappa shape index (κ2) is 5.14. The van der Waals surface area contributed by atoms with Gasteiger partial charge in [-0.1, -0.05) is 36.4 Å². The molecule has 67 valence electrons. The van der Waals surface area contributed by atoms with Gasteiger partial charge in [0.1, 0.15) is 0 Å². The second-order valence-electron chi connectivity index (χ2n) is 2.79. The lowest BCUT2D eigenvalue weighted by Gasteiger charge is -1.95. The average molecular weight is 174 g/mol. The van der Waals surface area contributed by atoms with Crippen molar-refractivity contribution in [3.8, 4) is 0 Å². The molecular formula is C11H12NO. The molecule has 0 aliphatic rings. The zero-order chi connectivity index (χ0) is 9.52. The molecule has 0 saturated carbocycles. The maximum atomic E-state index is 10.2. The molecule has 0 aliphatic heterocycles. The van der Waals surface area contributed by atoms with Gasteiger partial charge in [-0.3, -0.25) is 10.5 Å². The fourth-order valence-corrected chi connectivity index (χ4v) is 1.09. The van der Waals surface area contributed by atoms with Crippen molar-refractivity contribution in [2.24, 2.45) is 0 Å². The molecule has 1 N–H and O–H groups in total. The number of carbonyl (C=O) groups is 1. The SMILES string of the molecule is [NH]C(=O)/C=C/CCc1ccccc1. The molecular weight excluding hydrogens is 162 g/mol. The van der Waals surface area contributed by atoms with Crippen LogP contribution in [0.4, 0.5) is 0 Å². The summed E-state index contributed by atoms with van der Waals surface area (Å²) in [4.78, 5) is 10.2. The minimum Gasteiger partial charge on any atom is -0.268 e. The maximum absolute atomic E-state index is 10.2. The van der Waals surface area contributed by atoms with Crippen molar-refractivity contribution >= 4 is 5.91 Å². The minimum atomic E-state index is -0.631. The third-order valence-corrected chi connectivity index (χ3v) is 1.71. The van der Waals surface area contributed by atoms with E-state index in [2.05, 4.69) is 12.1 Å². The molecule has 1 amide bonds. The van der Waals surface area contributed by atoms with E-state index in [1.807, 2.05) is 18.2 Å². The topological polar surface area (TPSA) is 40.9 Å². The summed E-state index contributed by atoms with van der Waals surface area (Å²) in [5.74, 6) is -0.631. The Hall–Kier alpha value is -1.57. The summed E-state index contributed by atoms with van der Waals surface area (Å²) in [5, 5.41) is 0. The predicted molar refractivity (Wildman–Crippen MR) is 52.0 cm³/mol. The molecule has 0 atom stereocenters. The van der Waals surface area contributed by atoms with Gasteiger partial charge in [0.15, 0.2) is 0 Å². The Morgan fingerprint density at radius 1 is 1.31 bits per heavy atom. The Balaban J connectivity index is 2.32. The van der Waals surface area contributed by atoms with E-state index in [0.717, 1.165) is 12.8 Å². The molecule has 0 saturated heterocycles. The summed E-state index contributed by atoms with van der Waals surface area (Å²) in [7, 11) is 0. The molecule has 13 heavy (non-hydrogen) atoms. The van der Waals surface area contributed by atoms with Crippen LogP contribution in [0.3, 0.4) is 0 Å². The number of hydrogen-bond donors (Lipinski definition) is 0. The molecule has 0 fully saturated rings. The van der Waals surface area contributed by atoms with Gasteiger partial charge in [0, 0.05) is 6.08 Å². The number of benzene rings is 1. The van der Waals surface area contributed by atoms with Gasteiger partial charge in [0.05, 0.1) is 0 Å². The standard InChI is InChI=1S/C11H12NO/c12-11(13)9-5-4-8-10-6-2-1-3-7-10/h1-3,5-7,9,12H,4,8H2/b9-5+. The quantitative estimate of drug-likeness (QED) is 0.643. The molecule has 0 bridgehead atoms. The van der Waals surface area contributed by atoms with Crippen LogP contribution in [0.25, 0.3) is 0 Å². The monoisotopic (exact) mass is 174 g/mol. The number of rotatable bonds is 4. The first-order valence-corrected chi connectivity index (χ1v) is 4.25. The molecule has 0 heterocycles. The lowest BCUT2D eigenvalue weighted by atomic mass is 10.1. The van der Waals surface area contributed by atoms with Gasteiger partial charge >= 0.3 is 0 Å². The van der Waals surface area contributed by atoms with E-state index in [-0.39, 0.29) is 0 Å². The molecule has 0 unspecified atom stereocenters. The lowest BCUT2D eigenvalue weighted by molar-refractivity contribution is -0.114. The zero-order valence-electron chi connectivity index (χ0n) is 7.36. The summed E-state index contributed by atoms with van der Waals surface area (Å²) < 4.78 is 0. The highest BCUT2D eigenvalue weighted by molar-refractivity contribution is 5.84. The first-order chi connectivity index (χ1) is 6.29. The van der Waals surface area contributed by atoms with E-state index in [1.54, 1.807) is 6.08 Å². The van der Waals surface area contributed by atoms with Gasteiger partial charge in [-0.2, -0.15) is 0 Å². The van der Waals surface area contributed by atoms with Crippen LogP contribution in [-0.2, 0) is 11.2 Å². The second-order valence-corrected chi connectivity index (χ2v) is 2.79. The summed E-state index contributed by atoms with van der Waals surface area (Å²) in [6.07, 6.45) is 4.77. The van der Waals surface area contributed by atoms with Gasteiger partial charge in [-0.05, 0) is 18.4 Å². The highest BCUT2D eigenvalue weighted by atomic mass is 16.1. The molecule has 2 nitrogen and oxygen atoms in total. The van der Waals surface area contributed by atoms with Gasteiger partial charge in [-0.25, -0.2) is 0 Å². The van der Waals surface area contributed by atoms with E-state index in [4.69, 9.17) is 5.73 Å². The van der Waals surface area contributed by atoms with Crippen molar-refractivity contribution in [2.75, 3.05) is 0 Å². The van der Waals surface area contributed by atoms with E-state index >= 15 is 0 Å². The molecule has 2 heteroatoms. The third-order valence-electron chi connectivity index (χ3n) is 1.71. The van der Waals surface area contributed by atoms with Crippen LogP contribution in [0, 0.1) is 0 Å². The van der Waals surface area contributed by atoms with Gasteiger partial charge in [0.2, 0.25) is 0 Å². The van der Waals surface area contributed by atoms with Crippen molar-refractivity contribution < 1.29 is 4.79 Å². The molecule has 1 radical (unpaired) electrons. The number of carbonyl (C=O) groups excluding carboxylic acids is 1. The van der Waals surface area contributed by atoms with Crippen molar-refractivity contribution in [1.29, 1.82) is 0 Å². The maximum Gasteiger partial charge on any atom is 0.262 e. The Bertz CT molecular complexity index is 290. The Labute approximate surface area is 78.1 Å². The number of aryl methyl sites for hydroxylation is 1. The number of nitrogens with one attached hydrogen (secondary N) is 1. The van der Waals surface area contributed by atoms with Gasteiger partial charge in [-0.15, -0.1) is 0 Å². The average Bonchev–Trinajstić information content (AvgIpc) is 2.14. The molecule has 0 spiro atoms. The normalized spacial score (nSPS) is 10.5. The van der Waals surface area contributed by atoms with Gasteiger partial charge in [0.25, 0.3) is 5.91 Å². The molecule has 0 aliphatic carbocycles. The summed E-state index contributed by atoms with van der Waals surface area (Å²) in [6.45, 7) is 0. The summed E-state index contributed by atoms with van der Waals surface area (Å²) in [5.41, 5.74) is 7.89. The zero-order valence-corrected chi connectivity index (χ0v) is 7.36. The molecule has 1 rings (SSSR count). The van der Waals surface area contributed by atoms with E-state index in [1.165, 1.54) is 11.6 Å². The smallest absolute Gasteiger partial charge is 0.262 e. The first kappa shape index (κ1) is 9.52. The van der Waals surface area contributed by atoms with Crippen LogP contribution >= 0.6 is 0 Å². The van der Waals surface area contributed by atoms with Crippen LogP contribution in [-0.4, -0.2) is 5.91 Å². The van der Waals surface area contributed by atoms with Crippen LogP contribution < -0.4 is 5.73 Å². The Kier molecular flexibility index (Phi) is 3.76. The van der Waals surface area contributed by atoms with Crippen molar-refractivity contribution in [3.05, 3.63) is 48.0 Å². The summed E-state index contributed by atoms with van der Waals surface area (Å²) in [6, 6.07) is 10.1. The Morgan fingerprint density at radius 2 is 2.00 bits per heavy atom. The number of allylic oxidation sites excluding steroid dienone is 1. The molecule has 0 aromatic heterocycles. The van der Waals surface area contributed by atoms with Crippen LogP contribution in [0.15, 0.2) is 42.5 Å². The number of hydrogen-bond acceptors (Lipinski definition) is 1. The molecule has 1 aromatic carbocycles. The minimum absolute atomic E-state index is 0.631. The van der Waals surface area contributed by atoms with Gasteiger partial charge < -0.3 is 0 Å². The first-order valence-electron chi connectivity index (χ1n) is 4.25. The summed E-state index contributed by atoms with van der Waals surface area (Å²) >= 11 is 0. The predicted octanol–water partition coefficient (Wildman–Crippen LogP) is 1.98. The van der Waals surface area contributed by atoms with E-state index < -0.39 is 5.91 Å². The lowest BCUT2D eigenvalue weighted by Crippen LogP contribution is -1.90. The Morgan fingerprint density at radius 3 is 2.62 bits per heavy atom. The van der Waals surface area contributed by atoms with Crippen LogP contribution in [0.2, 0.25) is 0 Å². The highest BCUT2D eigenvalue weighted by Crippen LogP contribution is 2.02. The van der Waals surface area contributed by atoms with Crippen molar-refractivity contribution in [1.82, 2.24) is 5.73 Å².